The minimum Gasteiger partial charge on any atom is -0.378 e. The van der Waals surface area contributed by atoms with Gasteiger partial charge in [-0.3, -0.25) is 4.98 Å². The van der Waals surface area contributed by atoms with Crippen LogP contribution in [0.3, 0.4) is 0 Å². The number of nitrogens with zero attached hydrogens (tertiary/aromatic N) is 2. The van der Waals surface area contributed by atoms with Crippen molar-refractivity contribution in [3.05, 3.63) is 59.9 Å². The summed E-state index contributed by atoms with van der Waals surface area (Å²) in [4.78, 5) is 6.09. The zero-order valence-corrected chi connectivity index (χ0v) is 11.4. The van der Waals surface area contributed by atoms with Crippen LogP contribution in [0.1, 0.15) is 11.1 Å². The van der Waals surface area contributed by atoms with Gasteiger partial charge in [-0.25, -0.2) is 0 Å². The number of hydrogen-bond acceptors (Lipinski definition) is 2. The Morgan fingerprint density at radius 2 is 1.33 bits per heavy atom. The lowest BCUT2D eigenvalue weighted by molar-refractivity contribution is 1.13. The van der Waals surface area contributed by atoms with Crippen molar-refractivity contribution in [2.75, 3.05) is 19.0 Å². The van der Waals surface area contributed by atoms with Gasteiger partial charge >= 0.3 is 0 Å². The van der Waals surface area contributed by atoms with Crippen molar-refractivity contribution in [1.82, 2.24) is 4.98 Å². The molecular weight excluding hydrogens is 244 g/mol. The molecule has 0 saturated heterocycles. The van der Waals surface area contributed by atoms with Crippen LogP contribution in [0, 0.1) is 0 Å². The maximum absolute atomic E-state index is 3.99. The van der Waals surface area contributed by atoms with Crippen LogP contribution in [0.15, 0.2) is 48.8 Å². The standard InChI is InChI=1S/C15H16N2.ClH/c1-17(2)15-7-5-13(6-8-15)3-4-14-9-11-16-12-10-14;/h3-12H,1-2H3;1H/b4-3+;. The van der Waals surface area contributed by atoms with Gasteiger partial charge in [-0.1, -0.05) is 24.3 Å². The Balaban J connectivity index is 0.00000162. The second-order valence-electron chi connectivity index (χ2n) is 4.10. The second kappa shape index (κ2) is 6.82. The van der Waals surface area contributed by atoms with Crippen molar-refractivity contribution in [3.8, 4) is 0 Å². The van der Waals surface area contributed by atoms with Crippen LogP contribution in [-0.4, -0.2) is 19.1 Å². The number of pyridine rings is 1. The molecule has 18 heavy (non-hydrogen) atoms. The molecule has 94 valence electrons. The Morgan fingerprint density at radius 1 is 0.833 bits per heavy atom. The van der Waals surface area contributed by atoms with Crippen LogP contribution in [0.25, 0.3) is 12.2 Å². The number of benzene rings is 1. The first kappa shape index (κ1) is 14.3. The van der Waals surface area contributed by atoms with Crippen LogP contribution in [0.4, 0.5) is 5.69 Å². The number of aromatic nitrogens is 1. The lowest BCUT2D eigenvalue weighted by atomic mass is 10.1. The number of rotatable bonds is 3. The molecule has 2 aromatic rings. The maximum Gasteiger partial charge on any atom is 0.0361 e. The number of halogens is 1. The lowest BCUT2D eigenvalue weighted by Crippen LogP contribution is -2.07. The van der Waals surface area contributed by atoms with Crippen molar-refractivity contribution in [2.45, 2.75) is 0 Å². The molecule has 0 fully saturated rings. The Labute approximate surface area is 114 Å². The number of hydrogen-bond donors (Lipinski definition) is 0. The molecule has 0 spiro atoms. The van der Waals surface area contributed by atoms with Gasteiger partial charge in [0.25, 0.3) is 0 Å². The van der Waals surface area contributed by atoms with Crippen molar-refractivity contribution in [2.24, 2.45) is 0 Å². The minimum atomic E-state index is 0. The second-order valence-corrected chi connectivity index (χ2v) is 4.10. The Hall–Kier alpha value is -1.80. The Morgan fingerprint density at radius 3 is 1.83 bits per heavy atom. The molecule has 0 radical (unpaired) electrons. The van der Waals surface area contributed by atoms with Crippen molar-refractivity contribution in [3.63, 3.8) is 0 Å². The van der Waals surface area contributed by atoms with Gasteiger partial charge in [-0.05, 0) is 35.4 Å². The average molecular weight is 261 g/mol. The van der Waals surface area contributed by atoms with Gasteiger partial charge in [-0.15, -0.1) is 12.4 Å². The first-order valence-corrected chi connectivity index (χ1v) is 5.61. The highest BCUT2D eigenvalue weighted by atomic mass is 35.5. The third-order valence-electron chi connectivity index (χ3n) is 2.58. The van der Waals surface area contributed by atoms with Crippen LogP contribution in [-0.2, 0) is 0 Å². The van der Waals surface area contributed by atoms with Crippen molar-refractivity contribution < 1.29 is 0 Å². The van der Waals surface area contributed by atoms with E-state index in [4.69, 9.17) is 0 Å². The molecule has 1 aromatic heterocycles. The molecule has 0 N–H and O–H groups in total. The summed E-state index contributed by atoms with van der Waals surface area (Å²) in [7, 11) is 4.09. The van der Waals surface area contributed by atoms with Crippen LogP contribution < -0.4 is 4.90 Å². The fourth-order valence-corrected chi connectivity index (χ4v) is 1.55. The van der Waals surface area contributed by atoms with E-state index in [2.05, 4.69) is 46.3 Å². The molecule has 0 aliphatic rings. The molecule has 3 heteroatoms. The fourth-order valence-electron chi connectivity index (χ4n) is 1.55. The fraction of sp³-hybridized carbons (Fsp3) is 0.133. The molecule has 0 bridgehead atoms. The van der Waals surface area contributed by atoms with Crippen LogP contribution in [0.2, 0.25) is 0 Å². The quantitative estimate of drug-likeness (QED) is 0.836. The van der Waals surface area contributed by atoms with Crippen molar-refractivity contribution in [1.29, 1.82) is 0 Å². The molecule has 0 aliphatic heterocycles. The molecule has 0 unspecified atom stereocenters. The van der Waals surface area contributed by atoms with Gasteiger partial charge in [0, 0.05) is 32.2 Å². The summed E-state index contributed by atoms with van der Waals surface area (Å²) in [5, 5.41) is 0. The van der Waals surface area contributed by atoms with Gasteiger partial charge in [0.1, 0.15) is 0 Å². The minimum absolute atomic E-state index is 0. The third kappa shape index (κ3) is 3.90. The van der Waals surface area contributed by atoms with Gasteiger partial charge in [0.15, 0.2) is 0 Å². The molecule has 2 rings (SSSR count). The topological polar surface area (TPSA) is 16.1 Å². The SMILES string of the molecule is CN(C)c1ccc(/C=C/c2ccncc2)cc1.Cl. The largest absolute Gasteiger partial charge is 0.378 e. The van der Waals surface area contributed by atoms with E-state index >= 15 is 0 Å². The lowest BCUT2D eigenvalue weighted by Gasteiger charge is -2.11. The Bertz CT molecular complexity index is 490. The average Bonchev–Trinajstić information content (AvgIpc) is 2.38. The first-order chi connectivity index (χ1) is 8.25. The predicted octanol–water partition coefficient (Wildman–Crippen LogP) is 3.74. The van der Waals surface area contributed by atoms with Gasteiger partial charge in [-0.2, -0.15) is 0 Å². The summed E-state index contributed by atoms with van der Waals surface area (Å²) in [5.41, 5.74) is 3.58. The van der Waals surface area contributed by atoms with Crippen molar-refractivity contribution >= 4 is 30.2 Å². The van der Waals surface area contributed by atoms with E-state index < -0.39 is 0 Å². The Kier molecular flexibility index (Phi) is 5.40. The molecule has 0 saturated carbocycles. The van der Waals surface area contributed by atoms with E-state index in [1.807, 2.05) is 26.2 Å². The normalized spacial score (nSPS) is 10.1. The molecular formula is C15H17ClN2. The van der Waals surface area contributed by atoms with Gasteiger partial charge in [0.05, 0.1) is 0 Å². The first-order valence-electron chi connectivity index (χ1n) is 5.61. The molecule has 0 atom stereocenters. The molecule has 1 heterocycles. The molecule has 0 aliphatic carbocycles. The maximum atomic E-state index is 3.99. The van der Waals surface area contributed by atoms with Gasteiger partial charge < -0.3 is 4.90 Å². The predicted molar refractivity (Wildman–Crippen MR) is 81.2 cm³/mol. The van der Waals surface area contributed by atoms with E-state index in [1.54, 1.807) is 12.4 Å². The van der Waals surface area contributed by atoms with E-state index in [9.17, 15) is 0 Å². The summed E-state index contributed by atoms with van der Waals surface area (Å²) in [5.74, 6) is 0. The van der Waals surface area contributed by atoms with Gasteiger partial charge in [0.2, 0.25) is 0 Å². The third-order valence-corrected chi connectivity index (χ3v) is 2.58. The number of anilines is 1. The monoisotopic (exact) mass is 260 g/mol. The highest BCUT2D eigenvalue weighted by Gasteiger charge is 1.93. The van der Waals surface area contributed by atoms with E-state index in [-0.39, 0.29) is 12.4 Å². The highest BCUT2D eigenvalue weighted by molar-refractivity contribution is 5.85. The summed E-state index contributed by atoms with van der Waals surface area (Å²) in [6.45, 7) is 0. The van der Waals surface area contributed by atoms with Crippen LogP contribution in [0.5, 0.6) is 0 Å². The molecule has 2 nitrogen and oxygen atoms in total. The zero-order valence-electron chi connectivity index (χ0n) is 10.6. The summed E-state index contributed by atoms with van der Waals surface area (Å²) in [6.07, 6.45) is 7.80. The van der Waals surface area contributed by atoms with Crippen LogP contribution >= 0.6 is 12.4 Å². The zero-order chi connectivity index (χ0) is 12.1. The molecule has 0 amide bonds. The summed E-state index contributed by atoms with van der Waals surface area (Å²) in [6, 6.07) is 12.5. The summed E-state index contributed by atoms with van der Waals surface area (Å²) >= 11 is 0. The van der Waals surface area contributed by atoms with E-state index in [0.29, 0.717) is 0 Å². The summed E-state index contributed by atoms with van der Waals surface area (Å²) < 4.78 is 0. The smallest absolute Gasteiger partial charge is 0.0361 e. The van der Waals surface area contributed by atoms with E-state index in [1.165, 1.54) is 11.3 Å². The van der Waals surface area contributed by atoms with E-state index in [0.717, 1.165) is 5.56 Å². The molecule has 1 aromatic carbocycles. The highest BCUT2D eigenvalue weighted by Crippen LogP contribution is 2.14.